The van der Waals surface area contributed by atoms with Crippen LogP contribution in [0.2, 0.25) is 0 Å². The highest BCUT2D eigenvalue weighted by Gasteiger charge is 2.01. The van der Waals surface area contributed by atoms with Crippen LogP contribution in [0.1, 0.15) is 11.3 Å². The zero-order valence-corrected chi connectivity index (χ0v) is 8.71. The third kappa shape index (κ3) is 2.09. The van der Waals surface area contributed by atoms with Crippen LogP contribution >= 0.6 is 11.3 Å². The summed E-state index contributed by atoms with van der Waals surface area (Å²) in [6, 6.07) is 4.01. The van der Waals surface area contributed by atoms with Gasteiger partial charge in [0, 0.05) is 31.2 Å². The first kappa shape index (κ1) is 9.15. The zero-order chi connectivity index (χ0) is 9.80. The standard InChI is InChI=1S/C10H11N3S/c1-11-10-13-9(7-14-10)5-8-3-2-4-12-6-8/h2-4,6-7H,5H2,1H3,(H,11,13). The monoisotopic (exact) mass is 205 g/mol. The van der Waals surface area contributed by atoms with Gasteiger partial charge in [0.2, 0.25) is 0 Å². The second kappa shape index (κ2) is 4.19. The largest absolute Gasteiger partial charge is 0.365 e. The van der Waals surface area contributed by atoms with Crippen LogP contribution in [0, 0.1) is 0 Å². The Balaban J connectivity index is 2.11. The van der Waals surface area contributed by atoms with Crippen molar-refractivity contribution in [1.29, 1.82) is 0 Å². The van der Waals surface area contributed by atoms with E-state index in [1.165, 1.54) is 5.56 Å². The van der Waals surface area contributed by atoms with Gasteiger partial charge in [0.25, 0.3) is 0 Å². The summed E-state index contributed by atoms with van der Waals surface area (Å²) in [4.78, 5) is 8.47. The van der Waals surface area contributed by atoms with E-state index in [0.717, 1.165) is 17.2 Å². The van der Waals surface area contributed by atoms with Crippen LogP contribution < -0.4 is 5.32 Å². The Morgan fingerprint density at radius 1 is 1.50 bits per heavy atom. The Kier molecular flexibility index (Phi) is 2.74. The number of aromatic nitrogens is 2. The third-order valence-electron chi connectivity index (χ3n) is 1.87. The molecule has 0 spiro atoms. The summed E-state index contributed by atoms with van der Waals surface area (Å²) in [6.07, 6.45) is 4.51. The van der Waals surface area contributed by atoms with E-state index in [-0.39, 0.29) is 0 Å². The lowest BCUT2D eigenvalue weighted by Crippen LogP contribution is -1.91. The summed E-state index contributed by atoms with van der Waals surface area (Å²) in [6.45, 7) is 0. The number of rotatable bonds is 3. The number of nitrogens with zero attached hydrogens (tertiary/aromatic N) is 2. The van der Waals surface area contributed by atoms with Gasteiger partial charge in [-0.1, -0.05) is 6.07 Å². The molecule has 3 nitrogen and oxygen atoms in total. The van der Waals surface area contributed by atoms with Gasteiger partial charge in [-0.05, 0) is 11.6 Å². The number of thiazole rings is 1. The molecular formula is C10H11N3S. The maximum absolute atomic E-state index is 4.40. The summed E-state index contributed by atoms with van der Waals surface area (Å²) in [5.41, 5.74) is 2.29. The van der Waals surface area contributed by atoms with Crippen molar-refractivity contribution in [3.8, 4) is 0 Å². The Morgan fingerprint density at radius 2 is 2.43 bits per heavy atom. The van der Waals surface area contributed by atoms with Crippen molar-refractivity contribution < 1.29 is 0 Å². The quantitative estimate of drug-likeness (QED) is 0.834. The summed E-state index contributed by atoms with van der Waals surface area (Å²) in [7, 11) is 1.88. The summed E-state index contributed by atoms with van der Waals surface area (Å²) >= 11 is 1.63. The first-order valence-corrected chi connectivity index (χ1v) is 5.27. The second-order valence-electron chi connectivity index (χ2n) is 2.93. The molecule has 0 aliphatic carbocycles. The van der Waals surface area contributed by atoms with E-state index in [9.17, 15) is 0 Å². The van der Waals surface area contributed by atoms with Gasteiger partial charge < -0.3 is 5.32 Å². The van der Waals surface area contributed by atoms with Crippen LogP contribution in [0.25, 0.3) is 0 Å². The predicted octanol–water partition coefficient (Wildman–Crippen LogP) is 2.17. The summed E-state index contributed by atoms with van der Waals surface area (Å²) in [5.74, 6) is 0. The molecule has 0 saturated carbocycles. The Labute approximate surface area is 86.8 Å². The molecule has 0 bridgehead atoms. The zero-order valence-electron chi connectivity index (χ0n) is 7.90. The van der Waals surface area contributed by atoms with E-state index < -0.39 is 0 Å². The van der Waals surface area contributed by atoms with Crippen molar-refractivity contribution in [3.05, 3.63) is 41.2 Å². The van der Waals surface area contributed by atoms with Crippen LogP contribution in [-0.2, 0) is 6.42 Å². The molecule has 0 aromatic carbocycles. The molecule has 0 atom stereocenters. The molecular weight excluding hydrogens is 194 g/mol. The minimum atomic E-state index is 0.853. The molecule has 0 saturated heterocycles. The highest BCUT2D eigenvalue weighted by Crippen LogP contribution is 2.16. The molecule has 0 fully saturated rings. The maximum atomic E-state index is 4.40. The van der Waals surface area contributed by atoms with Crippen molar-refractivity contribution in [2.24, 2.45) is 0 Å². The van der Waals surface area contributed by atoms with E-state index in [1.807, 2.05) is 19.3 Å². The average Bonchev–Trinajstić information content (AvgIpc) is 2.67. The average molecular weight is 205 g/mol. The van der Waals surface area contributed by atoms with Crippen molar-refractivity contribution in [3.63, 3.8) is 0 Å². The predicted molar refractivity (Wildman–Crippen MR) is 58.7 cm³/mol. The summed E-state index contributed by atoms with van der Waals surface area (Å²) < 4.78 is 0. The second-order valence-corrected chi connectivity index (χ2v) is 3.79. The van der Waals surface area contributed by atoms with E-state index in [0.29, 0.717) is 0 Å². The van der Waals surface area contributed by atoms with Gasteiger partial charge in [-0.2, -0.15) is 0 Å². The van der Waals surface area contributed by atoms with Gasteiger partial charge >= 0.3 is 0 Å². The van der Waals surface area contributed by atoms with Crippen LogP contribution in [0.15, 0.2) is 29.9 Å². The molecule has 0 radical (unpaired) electrons. The topological polar surface area (TPSA) is 37.8 Å². The Hall–Kier alpha value is -1.42. The van der Waals surface area contributed by atoms with E-state index in [4.69, 9.17) is 0 Å². The molecule has 0 aliphatic rings. The lowest BCUT2D eigenvalue weighted by Gasteiger charge is -1.95. The lowest BCUT2D eigenvalue weighted by molar-refractivity contribution is 1.08. The van der Waals surface area contributed by atoms with Crippen LogP contribution in [0.3, 0.4) is 0 Å². The SMILES string of the molecule is CNc1nc(Cc2cccnc2)cs1. The summed E-state index contributed by atoms with van der Waals surface area (Å²) in [5, 5.41) is 6.06. The van der Waals surface area contributed by atoms with Gasteiger partial charge in [-0.25, -0.2) is 4.98 Å². The maximum Gasteiger partial charge on any atom is 0.182 e. The van der Waals surface area contributed by atoms with E-state index in [2.05, 4.69) is 26.7 Å². The molecule has 0 aliphatic heterocycles. The molecule has 14 heavy (non-hydrogen) atoms. The number of nitrogens with one attached hydrogen (secondary N) is 1. The molecule has 2 rings (SSSR count). The highest BCUT2D eigenvalue weighted by atomic mass is 32.1. The van der Waals surface area contributed by atoms with Crippen molar-refractivity contribution in [1.82, 2.24) is 9.97 Å². The first-order valence-electron chi connectivity index (χ1n) is 4.39. The molecule has 4 heteroatoms. The van der Waals surface area contributed by atoms with Crippen LogP contribution in [0.4, 0.5) is 5.13 Å². The number of hydrogen-bond acceptors (Lipinski definition) is 4. The molecule has 0 unspecified atom stereocenters. The molecule has 2 aromatic rings. The van der Waals surface area contributed by atoms with E-state index in [1.54, 1.807) is 17.5 Å². The number of hydrogen-bond donors (Lipinski definition) is 1. The van der Waals surface area contributed by atoms with Crippen molar-refractivity contribution in [2.45, 2.75) is 6.42 Å². The highest BCUT2D eigenvalue weighted by molar-refractivity contribution is 7.13. The van der Waals surface area contributed by atoms with Gasteiger partial charge in [-0.15, -0.1) is 11.3 Å². The third-order valence-corrected chi connectivity index (χ3v) is 2.78. The van der Waals surface area contributed by atoms with Gasteiger partial charge in [0.15, 0.2) is 5.13 Å². The molecule has 72 valence electrons. The minimum absolute atomic E-state index is 0.853. The fourth-order valence-electron chi connectivity index (χ4n) is 1.21. The Morgan fingerprint density at radius 3 is 3.07 bits per heavy atom. The molecule has 2 aromatic heterocycles. The van der Waals surface area contributed by atoms with Crippen molar-refractivity contribution >= 4 is 16.5 Å². The number of anilines is 1. The van der Waals surface area contributed by atoms with Crippen LogP contribution in [-0.4, -0.2) is 17.0 Å². The van der Waals surface area contributed by atoms with Gasteiger partial charge in [-0.3, -0.25) is 4.98 Å². The lowest BCUT2D eigenvalue weighted by atomic mass is 10.2. The smallest absolute Gasteiger partial charge is 0.182 e. The fraction of sp³-hybridized carbons (Fsp3) is 0.200. The molecule has 0 amide bonds. The minimum Gasteiger partial charge on any atom is -0.365 e. The molecule has 1 N–H and O–H groups in total. The Bertz CT molecular complexity index is 397. The molecule has 2 heterocycles. The first-order chi connectivity index (χ1) is 6.88. The normalized spacial score (nSPS) is 10.1. The van der Waals surface area contributed by atoms with E-state index >= 15 is 0 Å². The van der Waals surface area contributed by atoms with Gasteiger partial charge in [0.05, 0.1) is 5.69 Å². The van der Waals surface area contributed by atoms with Crippen LogP contribution in [0.5, 0.6) is 0 Å². The number of pyridine rings is 1. The fourth-order valence-corrected chi connectivity index (χ4v) is 1.89. The van der Waals surface area contributed by atoms with Gasteiger partial charge in [0.1, 0.15) is 0 Å². The van der Waals surface area contributed by atoms with Crippen molar-refractivity contribution in [2.75, 3.05) is 12.4 Å².